The van der Waals surface area contributed by atoms with Gasteiger partial charge in [0, 0.05) is 51.7 Å². The maximum atomic E-state index is 12.6. The fourth-order valence-electron chi connectivity index (χ4n) is 3.67. The van der Waals surface area contributed by atoms with Gasteiger partial charge in [-0.1, -0.05) is 6.92 Å². The van der Waals surface area contributed by atoms with Crippen LogP contribution in [-0.2, 0) is 9.53 Å². The normalized spacial score (nSPS) is 26.4. The van der Waals surface area contributed by atoms with E-state index in [1.807, 2.05) is 11.1 Å². The minimum absolute atomic E-state index is 0.186. The number of carbonyl (C=O) groups is 1. The van der Waals surface area contributed by atoms with E-state index in [4.69, 9.17) is 4.74 Å². The van der Waals surface area contributed by atoms with Gasteiger partial charge >= 0.3 is 0 Å². The minimum Gasteiger partial charge on any atom is -0.381 e. The Morgan fingerprint density at radius 1 is 1.48 bits per heavy atom. The molecule has 2 aliphatic rings. The molecule has 1 aromatic rings. The third-order valence-corrected chi connectivity index (χ3v) is 5.11. The Bertz CT molecular complexity index is 485. The molecule has 6 nitrogen and oxygen atoms in total. The number of ether oxygens (including phenoxy) is 1. The molecule has 0 unspecified atom stereocenters. The van der Waals surface area contributed by atoms with E-state index in [1.54, 1.807) is 6.20 Å². The van der Waals surface area contributed by atoms with Gasteiger partial charge in [-0.2, -0.15) is 0 Å². The zero-order valence-corrected chi connectivity index (χ0v) is 14.0. The number of aromatic nitrogens is 2. The molecule has 1 N–H and O–H groups in total. The monoisotopic (exact) mass is 320 g/mol. The molecular formula is C17H28N4O2. The largest absolute Gasteiger partial charge is 0.381 e. The highest BCUT2D eigenvalue weighted by Gasteiger charge is 2.31. The van der Waals surface area contributed by atoms with Gasteiger partial charge in [0.05, 0.1) is 6.04 Å². The van der Waals surface area contributed by atoms with E-state index in [9.17, 15) is 4.79 Å². The molecule has 2 fully saturated rings. The quantitative estimate of drug-likeness (QED) is 0.899. The summed E-state index contributed by atoms with van der Waals surface area (Å²) in [6, 6.07) is 0.186. The Morgan fingerprint density at radius 2 is 2.39 bits per heavy atom. The standard InChI is InChI=1S/C17H28N4O2/c1-2-20-9-10-21(12-15(20)17-18-7-8-19-17)16(22)6-5-14-4-3-11-23-13-14/h7-8,14-15H,2-6,9-13H2,1H3,(H,18,19)/t14-,15+/m1/s1. The number of H-pyrrole nitrogens is 1. The number of imidazole rings is 1. The molecule has 0 bridgehead atoms. The zero-order chi connectivity index (χ0) is 16.1. The first-order chi connectivity index (χ1) is 11.3. The molecule has 0 aliphatic carbocycles. The molecule has 0 saturated carbocycles. The van der Waals surface area contributed by atoms with E-state index in [2.05, 4.69) is 21.8 Å². The second kappa shape index (κ2) is 7.93. The van der Waals surface area contributed by atoms with Crippen LogP contribution in [0, 0.1) is 5.92 Å². The number of nitrogens with one attached hydrogen (secondary N) is 1. The van der Waals surface area contributed by atoms with E-state index in [-0.39, 0.29) is 11.9 Å². The molecule has 2 atom stereocenters. The molecule has 6 heteroatoms. The molecule has 23 heavy (non-hydrogen) atoms. The van der Waals surface area contributed by atoms with Gasteiger partial charge in [0.25, 0.3) is 0 Å². The summed E-state index contributed by atoms with van der Waals surface area (Å²) in [5, 5.41) is 0. The van der Waals surface area contributed by atoms with Crippen molar-refractivity contribution in [1.29, 1.82) is 0 Å². The number of hydrogen-bond acceptors (Lipinski definition) is 4. The Kier molecular flexibility index (Phi) is 5.67. The minimum atomic E-state index is 0.186. The highest BCUT2D eigenvalue weighted by molar-refractivity contribution is 5.76. The Morgan fingerprint density at radius 3 is 3.09 bits per heavy atom. The second-order valence-corrected chi connectivity index (χ2v) is 6.58. The van der Waals surface area contributed by atoms with Crippen LogP contribution in [-0.4, -0.2) is 65.1 Å². The van der Waals surface area contributed by atoms with Gasteiger partial charge < -0.3 is 14.6 Å². The summed E-state index contributed by atoms with van der Waals surface area (Å²) in [7, 11) is 0. The average Bonchev–Trinajstić information content (AvgIpc) is 3.14. The highest BCUT2D eigenvalue weighted by Crippen LogP contribution is 2.24. The van der Waals surface area contributed by atoms with Crippen molar-refractivity contribution in [2.24, 2.45) is 5.92 Å². The van der Waals surface area contributed by atoms with Gasteiger partial charge in [0.1, 0.15) is 5.82 Å². The van der Waals surface area contributed by atoms with Crippen molar-refractivity contribution in [2.75, 3.05) is 39.4 Å². The lowest BCUT2D eigenvalue weighted by Crippen LogP contribution is -2.50. The van der Waals surface area contributed by atoms with Gasteiger partial charge in [-0.3, -0.25) is 9.69 Å². The van der Waals surface area contributed by atoms with E-state index < -0.39 is 0 Å². The van der Waals surface area contributed by atoms with Crippen LogP contribution < -0.4 is 0 Å². The Hall–Kier alpha value is -1.40. The molecule has 0 radical (unpaired) electrons. The van der Waals surface area contributed by atoms with Crippen LogP contribution >= 0.6 is 0 Å². The fraction of sp³-hybridized carbons (Fsp3) is 0.765. The number of piperazine rings is 1. The third-order valence-electron chi connectivity index (χ3n) is 5.11. The molecule has 0 spiro atoms. The van der Waals surface area contributed by atoms with Gasteiger partial charge in [0.15, 0.2) is 0 Å². The number of nitrogens with zero attached hydrogens (tertiary/aromatic N) is 3. The number of hydrogen-bond donors (Lipinski definition) is 1. The van der Waals surface area contributed by atoms with Crippen LogP contribution in [0.5, 0.6) is 0 Å². The summed E-state index contributed by atoms with van der Waals surface area (Å²) in [6.45, 7) is 7.33. The predicted molar refractivity (Wildman–Crippen MR) is 87.9 cm³/mol. The van der Waals surface area contributed by atoms with Crippen molar-refractivity contribution in [2.45, 2.75) is 38.6 Å². The summed E-state index contributed by atoms with van der Waals surface area (Å²) in [5.74, 6) is 1.80. The molecule has 1 aromatic heterocycles. The lowest BCUT2D eigenvalue weighted by Gasteiger charge is -2.40. The van der Waals surface area contributed by atoms with Crippen LogP contribution in [0.1, 0.15) is 44.5 Å². The first-order valence-corrected chi connectivity index (χ1v) is 8.86. The van der Waals surface area contributed by atoms with Crippen molar-refractivity contribution in [3.8, 4) is 0 Å². The Balaban J connectivity index is 1.54. The molecule has 0 aromatic carbocycles. The number of amides is 1. The van der Waals surface area contributed by atoms with Crippen LogP contribution in [0.25, 0.3) is 0 Å². The average molecular weight is 320 g/mol. The van der Waals surface area contributed by atoms with Crippen molar-refractivity contribution in [3.63, 3.8) is 0 Å². The van der Waals surface area contributed by atoms with Crippen LogP contribution in [0.2, 0.25) is 0 Å². The van der Waals surface area contributed by atoms with E-state index in [1.165, 1.54) is 6.42 Å². The number of carbonyl (C=O) groups excluding carboxylic acids is 1. The first kappa shape index (κ1) is 16.5. The molecule has 2 aliphatic heterocycles. The van der Waals surface area contributed by atoms with Crippen LogP contribution in [0.15, 0.2) is 12.4 Å². The van der Waals surface area contributed by atoms with Crippen LogP contribution in [0.3, 0.4) is 0 Å². The summed E-state index contributed by atoms with van der Waals surface area (Å²) in [4.78, 5) is 24.6. The first-order valence-electron chi connectivity index (χ1n) is 8.86. The highest BCUT2D eigenvalue weighted by atomic mass is 16.5. The van der Waals surface area contributed by atoms with Crippen molar-refractivity contribution in [1.82, 2.24) is 19.8 Å². The SMILES string of the molecule is CCN1CCN(C(=O)CC[C@H]2CCCOC2)C[C@H]1c1ncc[nH]1. The fourth-order valence-corrected chi connectivity index (χ4v) is 3.67. The maximum Gasteiger partial charge on any atom is 0.222 e. The number of likely N-dealkylation sites (N-methyl/N-ethyl adjacent to an activating group) is 1. The molecule has 3 rings (SSSR count). The Labute approximate surface area is 138 Å². The molecule has 128 valence electrons. The summed E-state index contributed by atoms with van der Waals surface area (Å²) in [5.41, 5.74) is 0. The number of rotatable bonds is 5. The topological polar surface area (TPSA) is 61.5 Å². The predicted octanol–water partition coefficient (Wildman–Crippen LogP) is 1.82. The van der Waals surface area contributed by atoms with E-state index >= 15 is 0 Å². The maximum absolute atomic E-state index is 12.6. The molecule has 1 amide bonds. The van der Waals surface area contributed by atoms with Crippen molar-refractivity contribution < 1.29 is 9.53 Å². The third kappa shape index (κ3) is 4.12. The van der Waals surface area contributed by atoms with Crippen molar-refractivity contribution >= 4 is 5.91 Å². The van der Waals surface area contributed by atoms with Crippen molar-refractivity contribution in [3.05, 3.63) is 18.2 Å². The van der Waals surface area contributed by atoms with Gasteiger partial charge in [-0.15, -0.1) is 0 Å². The smallest absolute Gasteiger partial charge is 0.222 e. The van der Waals surface area contributed by atoms with E-state index in [0.717, 1.165) is 58.1 Å². The summed E-state index contributed by atoms with van der Waals surface area (Å²) in [6.07, 6.45) is 7.57. The van der Waals surface area contributed by atoms with Gasteiger partial charge in [0.2, 0.25) is 5.91 Å². The van der Waals surface area contributed by atoms with Gasteiger partial charge in [-0.25, -0.2) is 4.98 Å². The number of aromatic amines is 1. The van der Waals surface area contributed by atoms with Gasteiger partial charge in [-0.05, 0) is 31.7 Å². The lowest BCUT2D eigenvalue weighted by molar-refractivity contribution is -0.134. The lowest BCUT2D eigenvalue weighted by atomic mass is 9.96. The molecular weight excluding hydrogens is 292 g/mol. The summed E-state index contributed by atoms with van der Waals surface area (Å²) < 4.78 is 5.51. The summed E-state index contributed by atoms with van der Waals surface area (Å²) >= 11 is 0. The second-order valence-electron chi connectivity index (χ2n) is 6.58. The molecule has 3 heterocycles. The van der Waals surface area contributed by atoms with E-state index in [0.29, 0.717) is 12.3 Å². The molecule has 2 saturated heterocycles. The van der Waals surface area contributed by atoms with Crippen LogP contribution in [0.4, 0.5) is 0 Å². The zero-order valence-electron chi connectivity index (χ0n) is 14.0.